The molecule has 6 nitrogen and oxygen atoms in total. The number of ether oxygens (including phenoxy) is 1. The number of amides is 1. The molecule has 116 valence electrons. The van der Waals surface area contributed by atoms with Crippen LogP contribution in [0, 0.1) is 6.92 Å². The Morgan fingerprint density at radius 2 is 2.24 bits per heavy atom. The second-order valence-electron chi connectivity index (χ2n) is 5.86. The molecule has 1 saturated heterocycles. The number of likely N-dealkylation sites (tertiary alicyclic amines) is 1. The Labute approximate surface area is 125 Å². The van der Waals surface area contributed by atoms with Gasteiger partial charge < -0.3 is 15.4 Å². The van der Waals surface area contributed by atoms with E-state index >= 15 is 0 Å². The van der Waals surface area contributed by atoms with Crippen molar-refractivity contribution >= 4 is 5.91 Å². The fraction of sp³-hybridized carbons (Fsp3) is 0.667. The van der Waals surface area contributed by atoms with Crippen LogP contribution in [-0.2, 0) is 4.74 Å². The van der Waals surface area contributed by atoms with E-state index < -0.39 is 0 Å². The summed E-state index contributed by atoms with van der Waals surface area (Å²) in [6, 6.07) is -0.0142. The number of nitrogens with two attached hydrogens (primary N) is 1. The van der Waals surface area contributed by atoms with Gasteiger partial charge >= 0.3 is 0 Å². The molecule has 1 aromatic heterocycles. The molecule has 1 fully saturated rings. The van der Waals surface area contributed by atoms with Crippen molar-refractivity contribution in [1.82, 2.24) is 14.9 Å². The van der Waals surface area contributed by atoms with Gasteiger partial charge in [-0.1, -0.05) is 13.8 Å². The predicted octanol–water partition coefficient (Wildman–Crippen LogP) is 1.10. The number of nitrogens with zero attached hydrogens (tertiary/aromatic N) is 3. The van der Waals surface area contributed by atoms with E-state index in [1.54, 1.807) is 18.2 Å². The lowest BCUT2D eigenvalue weighted by atomic mass is 10.0. The highest BCUT2D eigenvalue weighted by molar-refractivity contribution is 5.95. The van der Waals surface area contributed by atoms with Crippen molar-refractivity contribution in [3.05, 3.63) is 23.3 Å². The van der Waals surface area contributed by atoms with Gasteiger partial charge in [-0.25, -0.2) is 9.97 Å². The highest BCUT2D eigenvalue weighted by Gasteiger charge is 2.30. The molecule has 21 heavy (non-hydrogen) atoms. The van der Waals surface area contributed by atoms with Crippen molar-refractivity contribution in [1.29, 1.82) is 0 Å². The molecule has 6 heteroatoms. The van der Waals surface area contributed by atoms with Crippen LogP contribution in [0.2, 0.25) is 0 Å². The molecule has 1 amide bonds. The Morgan fingerprint density at radius 3 is 2.81 bits per heavy atom. The molecule has 0 bridgehead atoms. The fourth-order valence-electron chi connectivity index (χ4n) is 2.51. The van der Waals surface area contributed by atoms with Gasteiger partial charge in [-0.3, -0.25) is 4.79 Å². The molecule has 0 spiro atoms. The Bertz CT molecular complexity index is 518. The van der Waals surface area contributed by atoms with Crippen LogP contribution in [0.1, 0.15) is 48.1 Å². The molecule has 1 aromatic rings. The fourth-order valence-corrected chi connectivity index (χ4v) is 2.51. The second-order valence-corrected chi connectivity index (χ2v) is 5.86. The van der Waals surface area contributed by atoms with Gasteiger partial charge in [-0.15, -0.1) is 0 Å². The van der Waals surface area contributed by atoms with Crippen LogP contribution in [0.4, 0.5) is 0 Å². The highest BCUT2D eigenvalue weighted by Crippen LogP contribution is 2.17. The molecule has 1 aliphatic rings. The predicted molar refractivity (Wildman–Crippen MR) is 80.2 cm³/mol. The normalized spacial score (nSPS) is 22.7. The maximum absolute atomic E-state index is 12.6. The average Bonchev–Trinajstić information content (AvgIpc) is 2.46. The molecule has 0 aromatic carbocycles. The molecular formula is C15H24N4O2. The molecule has 1 aliphatic heterocycles. The van der Waals surface area contributed by atoms with Crippen LogP contribution >= 0.6 is 0 Å². The maximum Gasteiger partial charge on any atom is 0.257 e. The van der Waals surface area contributed by atoms with E-state index in [4.69, 9.17) is 10.5 Å². The Kier molecular flexibility index (Phi) is 4.90. The number of aromatic nitrogens is 2. The zero-order chi connectivity index (χ0) is 15.6. The van der Waals surface area contributed by atoms with Crippen LogP contribution in [0.3, 0.4) is 0 Å². The van der Waals surface area contributed by atoms with Crippen molar-refractivity contribution in [3.8, 4) is 0 Å². The van der Waals surface area contributed by atoms with Crippen molar-refractivity contribution in [3.63, 3.8) is 0 Å². The van der Waals surface area contributed by atoms with Gasteiger partial charge in [0.1, 0.15) is 5.82 Å². The zero-order valence-corrected chi connectivity index (χ0v) is 13.2. The van der Waals surface area contributed by atoms with Crippen LogP contribution in [0.5, 0.6) is 0 Å². The van der Waals surface area contributed by atoms with Gasteiger partial charge in [0.2, 0.25) is 0 Å². The molecule has 0 aliphatic carbocycles. The summed E-state index contributed by atoms with van der Waals surface area (Å²) in [6.07, 6.45) is 2.27. The number of aryl methyl sites for hydroxylation is 1. The van der Waals surface area contributed by atoms with Crippen LogP contribution in [0.15, 0.2) is 6.20 Å². The average molecular weight is 292 g/mol. The first-order valence-corrected chi connectivity index (χ1v) is 7.35. The quantitative estimate of drug-likeness (QED) is 0.902. The van der Waals surface area contributed by atoms with Crippen molar-refractivity contribution in [2.75, 3.05) is 20.2 Å². The molecule has 2 rings (SSSR count). The number of hydrogen-bond acceptors (Lipinski definition) is 5. The van der Waals surface area contributed by atoms with Gasteiger partial charge in [-0.2, -0.15) is 0 Å². The third-order valence-electron chi connectivity index (χ3n) is 3.94. The van der Waals surface area contributed by atoms with E-state index in [0.717, 1.165) is 17.9 Å². The van der Waals surface area contributed by atoms with Crippen LogP contribution in [0.25, 0.3) is 0 Å². The topological polar surface area (TPSA) is 81.3 Å². The molecule has 2 atom stereocenters. The van der Waals surface area contributed by atoms with Crippen LogP contribution in [-0.4, -0.2) is 53.1 Å². The van der Waals surface area contributed by atoms with Gasteiger partial charge in [0.05, 0.1) is 17.4 Å². The Hall–Kier alpha value is -1.53. The lowest BCUT2D eigenvalue weighted by molar-refractivity contribution is 0.0161. The highest BCUT2D eigenvalue weighted by atomic mass is 16.5. The number of piperidine rings is 1. The molecular weight excluding hydrogens is 268 g/mol. The van der Waals surface area contributed by atoms with Crippen molar-refractivity contribution in [2.45, 2.75) is 45.3 Å². The molecule has 0 radical (unpaired) electrons. The Morgan fingerprint density at radius 1 is 1.52 bits per heavy atom. The number of rotatable bonds is 3. The van der Waals surface area contributed by atoms with Gasteiger partial charge in [0.25, 0.3) is 5.91 Å². The van der Waals surface area contributed by atoms with Crippen LogP contribution < -0.4 is 5.73 Å². The summed E-state index contributed by atoms with van der Waals surface area (Å²) in [4.78, 5) is 23.1. The van der Waals surface area contributed by atoms with E-state index in [9.17, 15) is 4.79 Å². The van der Waals surface area contributed by atoms with Crippen molar-refractivity contribution < 1.29 is 9.53 Å². The van der Waals surface area contributed by atoms with Crippen molar-refractivity contribution in [2.24, 2.45) is 5.73 Å². The summed E-state index contributed by atoms with van der Waals surface area (Å²) in [7, 11) is 1.63. The number of carbonyl (C=O) groups excluding carboxylic acids is 1. The number of methoxy groups -OCH3 is 1. The van der Waals surface area contributed by atoms with E-state index in [2.05, 4.69) is 9.97 Å². The molecule has 2 heterocycles. The van der Waals surface area contributed by atoms with Gasteiger partial charge in [0, 0.05) is 38.4 Å². The first-order chi connectivity index (χ1) is 9.93. The maximum atomic E-state index is 12.6. The number of hydrogen-bond donors (Lipinski definition) is 1. The van der Waals surface area contributed by atoms with E-state index in [-0.39, 0.29) is 24.0 Å². The second kappa shape index (κ2) is 6.49. The summed E-state index contributed by atoms with van der Waals surface area (Å²) in [5, 5.41) is 0. The third kappa shape index (κ3) is 3.39. The molecule has 0 saturated carbocycles. The first-order valence-electron chi connectivity index (χ1n) is 7.35. The minimum atomic E-state index is -0.112. The zero-order valence-electron chi connectivity index (χ0n) is 13.2. The lowest BCUT2D eigenvalue weighted by Crippen LogP contribution is -2.53. The van der Waals surface area contributed by atoms with E-state index in [0.29, 0.717) is 18.7 Å². The van der Waals surface area contributed by atoms with E-state index in [1.807, 2.05) is 20.8 Å². The summed E-state index contributed by atoms with van der Waals surface area (Å²) >= 11 is 0. The molecule has 0 unspecified atom stereocenters. The smallest absolute Gasteiger partial charge is 0.257 e. The van der Waals surface area contributed by atoms with E-state index in [1.165, 1.54) is 0 Å². The summed E-state index contributed by atoms with van der Waals surface area (Å²) in [5.41, 5.74) is 7.27. The Balaban J connectivity index is 2.16. The standard InChI is InChI=1S/C15H24N4O2/c1-9(2)14-17-7-11(10(3)18-14)15(20)19-6-5-12(16)13(8-19)21-4/h7,9,12-13H,5-6,8,16H2,1-4H3/t12-,13+/m1/s1. The lowest BCUT2D eigenvalue weighted by Gasteiger charge is -2.36. The third-order valence-corrected chi connectivity index (χ3v) is 3.94. The number of carbonyl (C=O) groups is 1. The summed E-state index contributed by atoms with van der Waals surface area (Å²) in [5.74, 6) is 0.968. The minimum absolute atomic E-state index is 0.0142. The molecule has 2 N–H and O–H groups in total. The largest absolute Gasteiger partial charge is 0.378 e. The van der Waals surface area contributed by atoms with Gasteiger partial charge in [0.15, 0.2) is 0 Å². The first kappa shape index (κ1) is 15.9. The summed E-state index contributed by atoms with van der Waals surface area (Å²) in [6.45, 7) is 7.08. The summed E-state index contributed by atoms with van der Waals surface area (Å²) < 4.78 is 5.35. The SMILES string of the molecule is CO[C@H]1CN(C(=O)c2cnc(C(C)C)nc2C)CC[C@H]1N. The monoisotopic (exact) mass is 292 g/mol. The minimum Gasteiger partial charge on any atom is -0.378 e. The van der Waals surface area contributed by atoms with Gasteiger partial charge in [-0.05, 0) is 13.3 Å².